The molecule has 7 heteroatoms. The molecule has 0 aliphatic heterocycles. The standard InChI is InChI=1S/C17H15ClN2O3S/c1-22-14-9-13(15(23-2)8-11(14)18)20-16(21)10-6-4-5-7-12(10)19-17(20)24-3/h4-9H,1-3H3. The van der Waals surface area contributed by atoms with E-state index in [0.717, 1.165) is 0 Å². The third kappa shape index (κ3) is 2.72. The molecule has 0 atom stereocenters. The number of methoxy groups -OCH3 is 2. The molecular formula is C17H15ClN2O3S. The van der Waals surface area contributed by atoms with Crippen LogP contribution in [-0.4, -0.2) is 30.0 Å². The monoisotopic (exact) mass is 362 g/mol. The number of thioether (sulfide) groups is 1. The number of hydrogen-bond donors (Lipinski definition) is 0. The lowest BCUT2D eigenvalue weighted by Crippen LogP contribution is -2.22. The highest BCUT2D eigenvalue weighted by atomic mass is 35.5. The summed E-state index contributed by atoms with van der Waals surface area (Å²) in [6.45, 7) is 0. The van der Waals surface area contributed by atoms with E-state index in [1.807, 2.05) is 24.5 Å². The predicted molar refractivity (Wildman–Crippen MR) is 97.2 cm³/mol. The molecule has 0 fully saturated rings. The van der Waals surface area contributed by atoms with E-state index in [-0.39, 0.29) is 5.56 Å². The van der Waals surface area contributed by atoms with Crippen LogP contribution >= 0.6 is 23.4 Å². The zero-order chi connectivity index (χ0) is 17.3. The third-order valence-electron chi connectivity index (χ3n) is 3.62. The van der Waals surface area contributed by atoms with Crippen molar-refractivity contribution >= 4 is 34.3 Å². The van der Waals surface area contributed by atoms with E-state index in [2.05, 4.69) is 4.98 Å². The summed E-state index contributed by atoms with van der Waals surface area (Å²) in [5, 5.41) is 1.50. The van der Waals surface area contributed by atoms with Crippen molar-refractivity contribution in [3.8, 4) is 17.2 Å². The highest BCUT2D eigenvalue weighted by molar-refractivity contribution is 7.98. The number of nitrogens with zero attached hydrogens (tertiary/aromatic N) is 2. The Balaban J connectivity index is 2.41. The zero-order valence-corrected chi connectivity index (χ0v) is 14.9. The number of rotatable bonds is 4. The third-order valence-corrected chi connectivity index (χ3v) is 4.56. The van der Waals surface area contributed by atoms with Crippen molar-refractivity contribution in [2.45, 2.75) is 5.16 Å². The molecule has 0 saturated heterocycles. The van der Waals surface area contributed by atoms with E-state index >= 15 is 0 Å². The summed E-state index contributed by atoms with van der Waals surface area (Å²) >= 11 is 7.54. The normalized spacial score (nSPS) is 10.8. The average molecular weight is 363 g/mol. The largest absolute Gasteiger partial charge is 0.495 e. The van der Waals surface area contributed by atoms with Crippen LogP contribution in [0.25, 0.3) is 16.6 Å². The molecule has 1 aromatic heterocycles. The first-order chi connectivity index (χ1) is 11.6. The molecule has 2 aromatic carbocycles. The first-order valence-corrected chi connectivity index (χ1v) is 8.68. The number of aromatic nitrogens is 2. The van der Waals surface area contributed by atoms with Crippen molar-refractivity contribution in [1.29, 1.82) is 0 Å². The molecule has 3 aromatic rings. The minimum Gasteiger partial charge on any atom is -0.495 e. The molecular weight excluding hydrogens is 348 g/mol. The molecule has 0 aliphatic carbocycles. The van der Waals surface area contributed by atoms with Crippen molar-refractivity contribution in [3.05, 3.63) is 51.8 Å². The molecule has 5 nitrogen and oxygen atoms in total. The van der Waals surface area contributed by atoms with Crippen LogP contribution in [0.15, 0.2) is 46.3 Å². The molecule has 24 heavy (non-hydrogen) atoms. The first kappa shape index (κ1) is 16.7. The smallest absolute Gasteiger partial charge is 0.266 e. The zero-order valence-electron chi connectivity index (χ0n) is 13.4. The Morgan fingerprint density at radius 2 is 1.83 bits per heavy atom. The Morgan fingerprint density at radius 1 is 1.12 bits per heavy atom. The van der Waals surface area contributed by atoms with Crippen LogP contribution in [-0.2, 0) is 0 Å². The fraction of sp³-hybridized carbons (Fsp3) is 0.176. The van der Waals surface area contributed by atoms with E-state index in [1.165, 1.54) is 30.5 Å². The van der Waals surface area contributed by atoms with E-state index in [4.69, 9.17) is 21.1 Å². The lowest BCUT2D eigenvalue weighted by Gasteiger charge is -2.16. The van der Waals surface area contributed by atoms with Crippen molar-refractivity contribution in [2.24, 2.45) is 0 Å². The second kappa shape index (κ2) is 6.75. The van der Waals surface area contributed by atoms with Gasteiger partial charge in [-0.05, 0) is 18.4 Å². The van der Waals surface area contributed by atoms with Gasteiger partial charge in [-0.3, -0.25) is 9.36 Å². The van der Waals surface area contributed by atoms with Gasteiger partial charge in [0.2, 0.25) is 0 Å². The van der Waals surface area contributed by atoms with E-state index in [9.17, 15) is 4.79 Å². The van der Waals surface area contributed by atoms with Crippen molar-refractivity contribution in [2.75, 3.05) is 20.5 Å². The van der Waals surface area contributed by atoms with E-state index < -0.39 is 0 Å². The molecule has 0 unspecified atom stereocenters. The van der Waals surface area contributed by atoms with Crippen LogP contribution in [0.4, 0.5) is 0 Å². The molecule has 0 radical (unpaired) electrons. The second-order valence-electron chi connectivity index (χ2n) is 4.91. The lowest BCUT2D eigenvalue weighted by atomic mass is 10.2. The van der Waals surface area contributed by atoms with E-state index in [0.29, 0.717) is 38.3 Å². The minimum absolute atomic E-state index is 0.173. The molecule has 0 amide bonds. The average Bonchev–Trinajstić information content (AvgIpc) is 2.61. The summed E-state index contributed by atoms with van der Waals surface area (Å²) in [6, 6.07) is 10.6. The Morgan fingerprint density at radius 3 is 2.50 bits per heavy atom. The molecule has 0 spiro atoms. The highest BCUT2D eigenvalue weighted by Crippen LogP contribution is 2.35. The number of fused-ring (bicyclic) bond motifs is 1. The second-order valence-corrected chi connectivity index (χ2v) is 6.10. The molecule has 0 saturated carbocycles. The van der Waals surface area contributed by atoms with Gasteiger partial charge in [0, 0.05) is 12.1 Å². The summed E-state index contributed by atoms with van der Waals surface area (Å²) in [7, 11) is 3.05. The maximum atomic E-state index is 13.0. The summed E-state index contributed by atoms with van der Waals surface area (Å²) in [5.41, 5.74) is 1.02. The molecule has 1 heterocycles. The van der Waals surface area contributed by atoms with Gasteiger partial charge in [-0.15, -0.1) is 0 Å². The Labute approximate surface area is 148 Å². The van der Waals surface area contributed by atoms with Gasteiger partial charge in [0.15, 0.2) is 5.16 Å². The molecule has 0 N–H and O–H groups in total. The number of benzene rings is 2. The number of hydrogen-bond acceptors (Lipinski definition) is 5. The van der Waals surface area contributed by atoms with Crippen molar-refractivity contribution in [3.63, 3.8) is 0 Å². The number of para-hydroxylation sites is 1. The van der Waals surface area contributed by atoms with Crippen LogP contribution in [0.1, 0.15) is 0 Å². The maximum absolute atomic E-state index is 13.0. The minimum atomic E-state index is -0.173. The van der Waals surface area contributed by atoms with Gasteiger partial charge in [0.25, 0.3) is 5.56 Å². The van der Waals surface area contributed by atoms with Crippen molar-refractivity contribution < 1.29 is 9.47 Å². The van der Waals surface area contributed by atoms with Crippen molar-refractivity contribution in [1.82, 2.24) is 9.55 Å². The van der Waals surface area contributed by atoms with Crippen LogP contribution in [0.2, 0.25) is 5.02 Å². The van der Waals surface area contributed by atoms with Gasteiger partial charge >= 0.3 is 0 Å². The van der Waals surface area contributed by atoms with Gasteiger partial charge in [0.1, 0.15) is 11.5 Å². The maximum Gasteiger partial charge on any atom is 0.266 e. The molecule has 0 bridgehead atoms. The molecule has 124 valence electrons. The Bertz CT molecular complexity index is 972. The lowest BCUT2D eigenvalue weighted by molar-refractivity contribution is 0.400. The van der Waals surface area contributed by atoms with Gasteiger partial charge in [-0.25, -0.2) is 4.98 Å². The predicted octanol–water partition coefficient (Wildman–Crippen LogP) is 3.78. The number of halogens is 1. The topological polar surface area (TPSA) is 53.4 Å². The van der Waals surface area contributed by atoms with Gasteiger partial charge in [-0.2, -0.15) is 0 Å². The van der Waals surface area contributed by atoms with Gasteiger partial charge < -0.3 is 9.47 Å². The van der Waals surface area contributed by atoms with Gasteiger partial charge in [0.05, 0.1) is 35.8 Å². The fourth-order valence-corrected chi connectivity index (χ4v) is 3.27. The van der Waals surface area contributed by atoms with Crippen LogP contribution in [0.5, 0.6) is 11.5 Å². The summed E-state index contributed by atoms with van der Waals surface area (Å²) in [5.74, 6) is 0.926. The van der Waals surface area contributed by atoms with Crippen LogP contribution < -0.4 is 15.0 Å². The Kier molecular flexibility index (Phi) is 4.69. The number of ether oxygens (including phenoxy) is 2. The molecule has 3 rings (SSSR count). The Hall–Kier alpha value is -2.18. The summed E-state index contributed by atoms with van der Waals surface area (Å²) in [6.07, 6.45) is 1.87. The van der Waals surface area contributed by atoms with Gasteiger partial charge in [-0.1, -0.05) is 35.5 Å². The quantitative estimate of drug-likeness (QED) is 0.522. The van der Waals surface area contributed by atoms with Crippen LogP contribution in [0, 0.1) is 0 Å². The first-order valence-electron chi connectivity index (χ1n) is 7.08. The van der Waals surface area contributed by atoms with Crippen LogP contribution in [0.3, 0.4) is 0 Å². The summed E-state index contributed by atoms with van der Waals surface area (Å²) < 4.78 is 12.2. The fourth-order valence-electron chi connectivity index (χ4n) is 2.48. The molecule has 0 aliphatic rings. The summed E-state index contributed by atoms with van der Waals surface area (Å²) in [4.78, 5) is 17.6. The highest BCUT2D eigenvalue weighted by Gasteiger charge is 2.18. The van der Waals surface area contributed by atoms with E-state index in [1.54, 1.807) is 18.2 Å². The SMILES string of the molecule is COc1cc(-n2c(SC)nc3ccccc3c2=O)c(OC)cc1Cl.